The van der Waals surface area contributed by atoms with Crippen LogP contribution in [0, 0.1) is 5.92 Å². The fraction of sp³-hybridized carbons (Fsp3) is 1.00. The van der Waals surface area contributed by atoms with Crippen LogP contribution < -0.4 is 0 Å². The van der Waals surface area contributed by atoms with Gasteiger partial charge >= 0.3 is 0 Å². The van der Waals surface area contributed by atoms with Gasteiger partial charge in [0.05, 0.1) is 12.7 Å². The van der Waals surface area contributed by atoms with Crippen molar-refractivity contribution >= 4 is 0 Å². The monoisotopic (exact) mass is 229 g/mol. The third-order valence-electron chi connectivity index (χ3n) is 3.61. The molecule has 0 aromatic rings. The minimum Gasteiger partial charge on any atom is -0.396 e. The van der Waals surface area contributed by atoms with Crippen molar-refractivity contribution in [1.82, 2.24) is 4.90 Å². The fourth-order valence-corrected chi connectivity index (χ4v) is 2.59. The van der Waals surface area contributed by atoms with Gasteiger partial charge in [0.15, 0.2) is 6.29 Å². The molecule has 16 heavy (non-hydrogen) atoms. The summed E-state index contributed by atoms with van der Waals surface area (Å²) < 4.78 is 11.3. The Labute approximate surface area is 97.5 Å². The van der Waals surface area contributed by atoms with Crippen molar-refractivity contribution in [3.63, 3.8) is 0 Å². The van der Waals surface area contributed by atoms with Gasteiger partial charge in [0.2, 0.25) is 0 Å². The van der Waals surface area contributed by atoms with E-state index in [1.807, 2.05) is 0 Å². The molecular formula is C12H23NO3. The van der Waals surface area contributed by atoms with Gasteiger partial charge in [0, 0.05) is 19.6 Å². The predicted octanol–water partition coefficient (Wildman–Crippen LogP) is 0.842. The Kier molecular flexibility index (Phi) is 4.58. The van der Waals surface area contributed by atoms with Crippen LogP contribution in [0.25, 0.3) is 0 Å². The number of aliphatic hydroxyl groups is 1. The molecule has 0 radical (unpaired) electrons. The molecule has 0 aromatic carbocycles. The van der Waals surface area contributed by atoms with Gasteiger partial charge in [0.25, 0.3) is 0 Å². The topological polar surface area (TPSA) is 41.9 Å². The maximum atomic E-state index is 8.82. The number of hydrogen-bond acceptors (Lipinski definition) is 4. The van der Waals surface area contributed by atoms with E-state index >= 15 is 0 Å². The number of aliphatic hydroxyl groups excluding tert-OH is 1. The SMILES string of the molecule is CCN1CCC(CC2OCC(CCO)O2)C1. The van der Waals surface area contributed by atoms with E-state index in [0.717, 1.165) is 18.9 Å². The summed E-state index contributed by atoms with van der Waals surface area (Å²) in [4.78, 5) is 2.48. The van der Waals surface area contributed by atoms with Gasteiger partial charge in [-0.3, -0.25) is 0 Å². The lowest BCUT2D eigenvalue weighted by Crippen LogP contribution is -2.22. The lowest BCUT2D eigenvalue weighted by molar-refractivity contribution is -0.0727. The van der Waals surface area contributed by atoms with Gasteiger partial charge in [-0.15, -0.1) is 0 Å². The number of ether oxygens (including phenoxy) is 2. The summed E-state index contributed by atoms with van der Waals surface area (Å²) in [5.41, 5.74) is 0. The van der Waals surface area contributed by atoms with Gasteiger partial charge < -0.3 is 19.5 Å². The van der Waals surface area contributed by atoms with Crippen LogP contribution in [0.5, 0.6) is 0 Å². The molecule has 0 aliphatic carbocycles. The average Bonchev–Trinajstić information content (AvgIpc) is 2.89. The van der Waals surface area contributed by atoms with Crippen LogP contribution in [0.15, 0.2) is 0 Å². The first-order chi connectivity index (χ1) is 7.81. The van der Waals surface area contributed by atoms with Crippen molar-refractivity contribution in [2.24, 2.45) is 5.92 Å². The highest BCUT2D eigenvalue weighted by Crippen LogP contribution is 2.26. The van der Waals surface area contributed by atoms with E-state index in [-0.39, 0.29) is 19.0 Å². The Hall–Kier alpha value is -0.160. The highest BCUT2D eigenvalue weighted by molar-refractivity contribution is 4.77. The maximum Gasteiger partial charge on any atom is 0.158 e. The zero-order valence-electron chi connectivity index (χ0n) is 10.1. The van der Waals surface area contributed by atoms with E-state index in [0.29, 0.717) is 13.0 Å². The Bertz CT molecular complexity index is 212. The standard InChI is InChI=1S/C12H23NO3/c1-2-13-5-3-10(8-13)7-12-15-9-11(16-12)4-6-14/h10-12,14H,2-9H2,1H3. The summed E-state index contributed by atoms with van der Waals surface area (Å²) in [5, 5.41) is 8.82. The zero-order valence-corrected chi connectivity index (χ0v) is 10.1. The quantitative estimate of drug-likeness (QED) is 0.758. The zero-order chi connectivity index (χ0) is 11.4. The Morgan fingerprint density at radius 2 is 2.31 bits per heavy atom. The number of rotatable bonds is 5. The lowest BCUT2D eigenvalue weighted by Gasteiger charge is -2.16. The molecule has 0 aromatic heterocycles. The molecular weight excluding hydrogens is 206 g/mol. The second kappa shape index (κ2) is 5.96. The molecule has 2 fully saturated rings. The second-order valence-corrected chi connectivity index (χ2v) is 4.82. The minimum absolute atomic E-state index is 0.0293. The molecule has 3 unspecified atom stereocenters. The average molecular weight is 229 g/mol. The van der Waals surface area contributed by atoms with Gasteiger partial charge in [-0.1, -0.05) is 6.92 Å². The summed E-state index contributed by atoms with van der Waals surface area (Å²) in [6.07, 6.45) is 3.06. The van der Waals surface area contributed by atoms with Crippen LogP contribution in [0.2, 0.25) is 0 Å². The van der Waals surface area contributed by atoms with Crippen LogP contribution in [-0.4, -0.2) is 55.2 Å². The van der Waals surface area contributed by atoms with E-state index in [1.165, 1.54) is 19.5 Å². The molecule has 4 heteroatoms. The molecule has 3 atom stereocenters. The first-order valence-electron chi connectivity index (χ1n) is 6.42. The molecule has 0 amide bonds. The van der Waals surface area contributed by atoms with Gasteiger partial charge in [-0.2, -0.15) is 0 Å². The third kappa shape index (κ3) is 3.17. The maximum absolute atomic E-state index is 8.82. The fourth-order valence-electron chi connectivity index (χ4n) is 2.59. The Morgan fingerprint density at radius 1 is 1.44 bits per heavy atom. The molecule has 2 aliphatic rings. The Morgan fingerprint density at radius 3 is 3.00 bits per heavy atom. The van der Waals surface area contributed by atoms with Crippen molar-refractivity contribution in [3.8, 4) is 0 Å². The van der Waals surface area contributed by atoms with E-state index in [2.05, 4.69) is 11.8 Å². The largest absolute Gasteiger partial charge is 0.396 e. The minimum atomic E-state index is -0.0293. The van der Waals surface area contributed by atoms with E-state index < -0.39 is 0 Å². The normalized spacial score (nSPS) is 36.0. The van der Waals surface area contributed by atoms with Crippen LogP contribution >= 0.6 is 0 Å². The summed E-state index contributed by atoms with van der Waals surface area (Å²) >= 11 is 0. The number of hydrogen-bond donors (Lipinski definition) is 1. The van der Waals surface area contributed by atoms with Crippen molar-refractivity contribution < 1.29 is 14.6 Å². The summed E-state index contributed by atoms with van der Waals surface area (Å²) in [7, 11) is 0. The van der Waals surface area contributed by atoms with Crippen LogP contribution in [0.4, 0.5) is 0 Å². The summed E-state index contributed by atoms with van der Waals surface area (Å²) in [6.45, 7) is 6.60. The molecule has 4 nitrogen and oxygen atoms in total. The first-order valence-corrected chi connectivity index (χ1v) is 6.42. The molecule has 94 valence electrons. The van der Waals surface area contributed by atoms with E-state index in [9.17, 15) is 0 Å². The van der Waals surface area contributed by atoms with Gasteiger partial charge in [0.1, 0.15) is 0 Å². The van der Waals surface area contributed by atoms with Crippen molar-refractivity contribution in [1.29, 1.82) is 0 Å². The molecule has 2 saturated heterocycles. The second-order valence-electron chi connectivity index (χ2n) is 4.82. The highest BCUT2D eigenvalue weighted by Gasteiger charge is 2.30. The smallest absolute Gasteiger partial charge is 0.158 e. The summed E-state index contributed by atoms with van der Waals surface area (Å²) in [6, 6.07) is 0. The van der Waals surface area contributed by atoms with Crippen LogP contribution in [0.1, 0.15) is 26.2 Å². The lowest BCUT2D eigenvalue weighted by atomic mass is 10.1. The Balaban J connectivity index is 1.67. The number of nitrogens with zero attached hydrogens (tertiary/aromatic N) is 1. The third-order valence-corrected chi connectivity index (χ3v) is 3.61. The van der Waals surface area contributed by atoms with Gasteiger partial charge in [-0.25, -0.2) is 0 Å². The van der Waals surface area contributed by atoms with Crippen molar-refractivity contribution in [2.45, 2.75) is 38.6 Å². The molecule has 2 heterocycles. The molecule has 0 spiro atoms. The molecule has 0 bridgehead atoms. The molecule has 1 N–H and O–H groups in total. The van der Waals surface area contributed by atoms with Crippen LogP contribution in [-0.2, 0) is 9.47 Å². The van der Waals surface area contributed by atoms with Crippen molar-refractivity contribution in [2.75, 3.05) is 32.8 Å². The molecule has 2 rings (SSSR count). The first kappa shape index (κ1) is 12.3. The van der Waals surface area contributed by atoms with Crippen LogP contribution in [0.3, 0.4) is 0 Å². The number of likely N-dealkylation sites (tertiary alicyclic amines) is 1. The molecule has 0 saturated carbocycles. The van der Waals surface area contributed by atoms with Gasteiger partial charge in [-0.05, 0) is 31.8 Å². The van der Waals surface area contributed by atoms with E-state index in [4.69, 9.17) is 14.6 Å². The molecule has 2 aliphatic heterocycles. The summed E-state index contributed by atoms with van der Waals surface area (Å²) in [5.74, 6) is 0.720. The highest BCUT2D eigenvalue weighted by atomic mass is 16.7. The van der Waals surface area contributed by atoms with Crippen molar-refractivity contribution in [3.05, 3.63) is 0 Å². The predicted molar refractivity (Wildman–Crippen MR) is 61.2 cm³/mol. The van der Waals surface area contributed by atoms with E-state index in [1.54, 1.807) is 0 Å².